The van der Waals surface area contributed by atoms with E-state index in [1.54, 1.807) is 10.4 Å². The van der Waals surface area contributed by atoms with Crippen LogP contribution in [-0.2, 0) is 12.8 Å². The highest BCUT2D eigenvalue weighted by atomic mass is 28.3. The Morgan fingerprint density at radius 1 is 0.347 bits per heavy atom. The Balaban J connectivity index is 1.38. The van der Waals surface area contributed by atoms with Crippen molar-refractivity contribution in [1.29, 1.82) is 0 Å². The fraction of sp³-hybridized carbons (Fsp3) is 0.167. The molecule has 6 aromatic carbocycles. The molecule has 0 heterocycles. The summed E-state index contributed by atoms with van der Waals surface area (Å²) in [6.07, 6.45) is 1.97. The lowest BCUT2D eigenvalue weighted by atomic mass is 9.99. The van der Waals surface area contributed by atoms with E-state index in [1.807, 2.05) is 0 Å². The summed E-state index contributed by atoms with van der Waals surface area (Å²) in [5.74, 6) is 0. The molecule has 0 bridgehead atoms. The first-order chi connectivity index (χ1) is 24.0. The Kier molecular flexibility index (Phi) is 8.18. The molecule has 0 radical (unpaired) electrons. The van der Waals surface area contributed by atoms with E-state index in [0.29, 0.717) is 11.1 Å². The molecule has 0 aliphatic heterocycles. The predicted molar refractivity (Wildman–Crippen MR) is 214 cm³/mol. The molecule has 8 rings (SSSR count). The Labute approximate surface area is 293 Å². The first-order valence-corrected chi connectivity index (χ1v) is 20.1. The van der Waals surface area contributed by atoms with Gasteiger partial charge in [-0.25, -0.2) is 0 Å². The summed E-state index contributed by atoms with van der Waals surface area (Å²) in [5.41, 5.74) is 17.8. The Hall–Kier alpha value is -4.98. The van der Waals surface area contributed by atoms with E-state index in [1.165, 1.54) is 66.8 Å². The molecule has 0 nitrogen and oxygen atoms in total. The van der Waals surface area contributed by atoms with E-state index in [4.69, 9.17) is 0 Å². The van der Waals surface area contributed by atoms with Crippen molar-refractivity contribution in [3.63, 3.8) is 0 Å². The zero-order valence-corrected chi connectivity index (χ0v) is 30.1. The highest BCUT2D eigenvalue weighted by Gasteiger charge is 2.52. The molecule has 0 N–H and O–H groups in total. The van der Waals surface area contributed by atoms with Crippen molar-refractivity contribution in [2.24, 2.45) is 0 Å². The molecule has 0 aromatic heterocycles. The lowest BCUT2D eigenvalue weighted by Gasteiger charge is -2.44. The van der Waals surface area contributed by atoms with E-state index in [-0.39, 0.29) is 0 Å². The molecule has 49 heavy (non-hydrogen) atoms. The summed E-state index contributed by atoms with van der Waals surface area (Å²) in [6, 6.07) is 59.0. The normalized spacial score (nSPS) is 14.2. The third kappa shape index (κ3) is 5.29. The van der Waals surface area contributed by atoms with Crippen molar-refractivity contribution in [2.45, 2.75) is 51.6 Å². The Morgan fingerprint density at radius 2 is 0.653 bits per heavy atom. The Bertz CT molecular complexity index is 2020. The largest absolute Gasteiger partial charge is 0.125 e. The van der Waals surface area contributed by atoms with Crippen molar-refractivity contribution >= 4 is 29.6 Å². The molecule has 6 aromatic rings. The zero-order valence-electron chi connectivity index (χ0n) is 29.1. The molecule has 240 valence electrons. The number of hydrogen-bond donors (Lipinski definition) is 0. The summed E-state index contributed by atoms with van der Waals surface area (Å²) < 4.78 is 0. The van der Waals surface area contributed by atoms with Gasteiger partial charge in [0.25, 0.3) is 0 Å². The SMILES string of the molecule is CC(C)[Si](C1=C(c2ccc(-c3ccccc3)cc2)Cc2ccccc21)(C1=C(c2ccc(-c3ccccc3)cc2)Cc2ccccc21)C(C)C. The minimum atomic E-state index is -2.47. The molecule has 0 saturated heterocycles. The first kappa shape index (κ1) is 31.3. The highest BCUT2D eigenvalue weighted by Crippen LogP contribution is 2.60. The summed E-state index contributed by atoms with van der Waals surface area (Å²) in [7, 11) is -2.47. The lowest BCUT2D eigenvalue weighted by Crippen LogP contribution is -2.45. The van der Waals surface area contributed by atoms with Gasteiger partial charge >= 0.3 is 0 Å². The summed E-state index contributed by atoms with van der Waals surface area (Å²) >= 11 is 0. The molecule has 1 heteroatoms. The summed E-state index contributed by atoms with van der Waals surface area (Å²) in [4.78, 5) is 0. The quantitative estimate of drug-likeness (QED) is 0.144. The van der Waals surface area contributed by atoms with Crippen LogP contribution in [0.2, 0.25) is 11.1 Å². The number of rotatable bonds is 8. The number of allylic oxidation sites excluding steroid dienone is 2. The molecule has 0 atom stereocenters. The van der Waals surface area contributed by atoms with Gasteiger partial charge in [0.15, 0.2) is 0 Å². The van der Waals surface area contributed by atoms with Gasteiger partial charge < -0.3 is 0 Å². The van der Waals surface area contributed by atoms with Gasteiger partial charge in [0, 0.05) is 0 Å². The van der Waals surface area contributed by atoms with Crippen LogP contribution in [-0.4, -0.2) is 8.07 Å². The van der Waals surface area contributed by atoms with Crippen LogP contribution in [0.25, 0.3) is 43.8 Å². The standard InChI is InChI=1S/C48H44Si/c1-33(2)49(34(3)4,47-43-21-13-11-19-41(43)31-45(47)39-27-23-37(24-28-39)35-15-7-5-8-16-35)48-44-22-14-12-20-42(44)32-46(48)40-29-25-38(26-30-40)36-17-9-6-10-18-36/h5-30,33-34H,31-32H2,1-4H3. The van der Waals surface area contributed by atoms with Gasteiger partial charge in [-0.2, -0.15) is 0 Å². The maximum Gasteiger partial charge on any atom is 0.125 e. The zero-order chi connectivity index (χ0) is 33.5. The van der Waals surface area contributed by atoms with Crippen LogP contribution < -0.4 is 0 Å². The number of benzene rings is 6. The Morgan fingerprint density at radius 3 is 1.02 bits per heavy atom. The van der Waals surface area contributed by atoms with Crippen LogP contribution in [0.15, 0.2) is 158 Å². The van der Waals surface area contributed by atoms with Crippen molar-refractivity contribution in [3.8, 4) is 22.3 Å². The van der Waals surface area contributed by atoms with Gasteiger partial charge in [-0.3, -0.25) is 0 Å². The lowest BCUT2D eigenvalue weighted by molar-refractivity contribution is 0.932. The third-order valence-electron chi connectivity index (χ3n) is 11.2. The van der Waals surface area contributed by atoms with Crippen LogP contribution in [0.5, 0.6) is 0 Å². The van der Waals surface area contributed by atoms with Crippen molar-refractivity contribution in [1.82, 2.24) is 0 Å². The van der Waals surface area contributed by atoms with E-state index < -0.39 is 8.07 Å². The maximum atomic E-state index is 2.53. The fourth-order valence-corrected chi connectivity index (χ4v) is 15.8. The van der Waals surface area contributed by atoms with E-state index >= 15 is 0 Å². The molecular formula is C48H44Si. The molecule has 0 spiro atoms. The minimum Gasteiger partial charge on any atom is -0.0645 e. The van der Waals surface area contributed by atoms with Gasteiger partial charge in [-0.15, -0.1) is 0 Å². The number of fused-ring (bicyclic) bond motifs is 2. The fourth-order valence-electron chi connectivity index (χ4n) is 9.09. The third-order valence-corrected chi connectivity index (χ3v) is 17.7. The predicted octanol–water partition coefficient (Wildman–Crippen LogP) is 13.0. The van der Waals surface area contributed by atoms with Crippen LogP contribution >= 0.6 is 0 Å². The van der Waals surface area contributed by atoms with Gasteiger partial charge in [0.05, 0.1) is 0 Å². The van der Waals surface area contributed by atoms with E-state index in [0.717, 1.165) is 12.8 Å². The van der Waals surface area contributed by atoms with E-state index in [2.05, 4.69) is 185 Å². The smallest absolute Gasteiger partial charge is 0.0645 e. The molecule has 0 saturated carbocycles. The summed E-state index contributed by atoms with van der Waals surface area (Å²) in [5, 5.41) is 3.32. The molecular weight excluding hydrogens is 605 g/mol. The van der Waals surface area contributed by atoms with Crippen LogP contribution in [0.1, 0.15) is 61.1 Å². The minimum absolute atomic E-state index is 0.493. The molecule has 0 unspecified atom stereocenters. The van der Waals surface area contributed by atoms with Gasteiger partial charge in [-0.05, 0) is 101 Å². The van der Waals surface area contributed by atoms with Crippen molar-refractivity contribution < 1.29 is 0 Å². The van der Waals surface area contributed by atoms with Crippen LogP contribution in [0.4, 0.5) is 0 Å². The second kappa shape index (κ2) is 12.8. The second-order valence-electron chi connectivity index (χ2n) is 14.4. The summed E-state index contributed by atoms with van der Waals surface area (Å²) in [6.45, 7) is 10.1. The monoisotopic (exact) mass is 648 g/mol. The van der Waals surface area contributed by atoms with E-state index in [9.17, 15) is 0 Å². The molecule has 2 aliphatic rings. The molecule has 0 amide bonds. The van der Waals surface area contributed by atoms with Crippen molar-refractivity contribution in [3.05, 3.63) is 191 Å². The average Bonchev–Trinajstić information content (AvgIpc) is 3.73. The topological polar surface area (TPSA) is 0 Å². The highest BCUT2D eigenvalue weighted by molar-refractivity contribution is 7.13. The average molecular weight is 649 g/mol. The molecule has 0 fully saturated rings. The maximum absolute atomic E-state index is 2.53. The molecule has 2 aliphatic carbocycles. The van der Waals surface area contributed by atoms with Crippen LogP contribution in [0, 0.1) is 0 Å². The first-order valence-electron chi connectivity index (χ1n) is 17.9. The van der Waals surface area contributed by atoms with Crippen LogP contribution in [0.3, 0.4) is 0 Å². The van der Waals surface area contributed by atoms with Gasteiger partial charge in [-0.1, -0.05) is 185 Å². The van der Waals surface area contributed by atoms with Crippen molar-refractivity contribution in [2.75, 3.05) is 0 Å². The number of hydrogen-bond acceptors (Lipinski definition) is 0. The second-order valence-corrected chi connectivity index (χ2v) is 19.5. The van der Waals surface area contributed by atoms with Gasteiger partial charge in [0.1, 0.15) is 8.07 Å². The van der Waals surface area contributed by atoms with Gasteiger partial charge in [0.2, 0.25) is 0 Å².